The summed E-state index contributed by atoms with van der Waals surface area (Å²) in [5.41, 5.74) is 7.55. The summed E-state index contributed by atoms with van der Waals surface area (Å²) >= 11 is 0. The summed E-state index contributed by atoms with van der Waals surface area (Å²) in [6.07, 6.45) is 1.66. The predicted octanol–water partition coefficient (Wildman–Crippen LogP) is 3.10. The van der Waals surface area contributed by atoms with E-state index in [0.717, 1.165) is 11.1 Å². The zero-order valence-corrected chi connectivity index (χ0v) is 13.3. The lowest BCUT2D eigenvalue weighted by atomic mass is 10.0. The van der Waals surface area contributed by atoms with Gasteiger partial charge >= 0.3 is 0 Å². The Bertz CT molecular complexity index is 797. The Morgan fingerprint density at radius 3 is 2.61 bits per heavy atom. The van der Waals surface area contributed by atoms with Gasteiger partial charge in [0.2, 0.25) is 6.79 Å². The Balaban J connectivity index is 1.70. The summed E-state index contributed by atoms with van der Waals surface area (Å²) in [6.45, 7) is 6.33. The maximum absolute atomic E-state index is 12.1. The fourth-order valence-corrected chi connectivity index (χ4v) is 2.38. The number of aryl methyl sites for hydroxylation is 3. The predicted molar refractivity (Wildman–Crippen MR) is 88.3 cm³/mol. The lowest BCUT2D eigenvalue weighted by Crippen LogP contribution is -2.17. The van der Waals surface area contributed by atoms with E-state index in [9.17, 15) is 4.79 Å². The fourth-order valence-electron chi connectivity index (χ4n) is 2.38. The van der Waals surface area contributed by atoms with Gasteiger partial charge in [0.25, 0.3) is 5.91 Å². The van der Waals surface area contributed by atoms with Gasteiger partial charge < -0.3 is 9.47 Å². The number of benzene rings is 2. The number of nitrogens with one attached hydrogen (secondary N) is 1. The largest absolute Gasteiger partial charge is 0.454 e. The molecule has 5 heteroatoms. The van der Waals surface area contributed by atoms with E-state index in [1.54, 1.807) is 24.4 Å². The fraction of sp³-hybridized carbons (Fsp3) is 0.222. The summed E-state index contributed by atoms with van der Waals surface area (Å²) in [6, 6.07) is 9.21. The summed E-state index contributed by atoms with van der Waals surface area (Å²) in [5.74, 6) is 0.934. The van der Waals surface area contributed by atoms with E-state index in [4.69, 9.17) is 9.47 Å². The number of carbonyl (C=O) groups excluding carboxylic acids is 1. The SMILES string of the molecule is Cc1cc(C)c(/C=N\NC(=O)c2ccc3c(c2)OCO3)cc1C. The molecule has 2 aromatic rings. The highest BCUT2D eigenvalue weighted by Gasteiger charge is 2.15. The first-order chi connectivity index (χ1) is 11.0. The highest BCUT2D eigenvalue weighted by Crippen LogP contribution is 2.32. The van der Waals surface area contributed by atoms with Gasteiger partial charge in [-0.25, -0.2) is 5.43 Å². The van der Waals surface area contributed by atoms with Gasteiger partial charge in [-0.2, -0.15) is 5.10 Å². The molecule has 0 bridgehead atoms. The van der Waals surface area contributed by atoms with Crippen molar-refractivity contribution in [1.29, 1.82) is 0 Å². The van der Waals surface area contributed by atoms with Crippen molar-refractivity contribution < 1.29 is 14.3 Å². The van der Waals surface area contributed by atoms with Gasteiger partial charge in [0, 0.05) is 5.56 Å². The van der Waals surface area contributed by atoms with E-state index in [0.29, 0.717) is 17.1 Å². The van der Waals surface area contributed by atoms with E-state index in [-0.39, 0.29) is 12.7 Å². The Morgan fingerprint density at radius 1 is 1.04 bits per heavy atom. The van der Waals surface area contributed by atoms with Gasteiger partial charge in [0.05, 0.1) is 6.21 Å². The second-order valence-electron chi connectivity index (χ2n) is 5.56. The molecule has 0 fully saturated rings. The number of amides is 1. The van der Waals surface area contributed by atoms with E-state index in [2.05, 4.69) is 36.5 Å². The first kappa shape index (κ1) is 15.1. The molecule has 1 N–H and O–H groups in total. The van der Waals surface area contributed by atoms with Gasteiger partial charge in [-0.3, -0.25) is 4.79 Å². The molecule has 23 heavy (non-hydrogen) atoms. The van der Waals surface area contributed by atoms with Gasteiger partial charge in [0.15, 0.2) is 11.5 Å². The molecule has 1 amide bonds. The van der Waals surface area contributed by atoms with Crippen molar-refractivity contribution in [3.05, 3.63) is 58.1 Å². The zero-order chi connectivity index (χ0) is 16.4. The van der Waals surface area contributed by atoms with Crippen LogP contribution in [-0.4, -0.2) is 18.9 Å². The monoisotopic (exact) mass is 310 g/mol. The molecule has 0 aromatic heterocycles. The number of hydrogen-bond acceptors (Lipinski definition) is 4. The van der Waals surface area contributed by atoms with Crippen LogP contribution in [0.5, 0.6) is 11.5 Å². The van der Waals surface area contributed by atoms with Crippen LogP contribution in [0.4, 0.5) is 0 Å². The smallest absolute Gasteiger partial charge is 0.271 e. The lowest BCUT2D eigenvalue weighted by Gasteiger charge is -2.06. The molecule has 0 saturated carbocycles. The molecule has 0 atom stereocenters. The molecule has 5 nitrogen and oxygen atoms in total. The van der Waals surface area contributed by atoms with Crippen LogP contribution in [0.1, 0.15) is 32.6 Å². The standard InChI is InChI=1S/C18H18N2O3/c1-11-6-13(3)15(7-12(11)2)9-19-20-18(21)14-4-5-16-17(8-14)23-10-22-16/h4-9H,10H2,1-3H3,(H,20,21)/b19-9-. The van der Waals surface area contributed by atoms with Crippen molar-refractivity contribution in [2.75, 3.05) is 6.79 Å². The molecule has 0 saturated heterocycles. The highest BCUT2D eigenvalue weighted by atomic mass is 16.7. The third-order valence-corrected chi connectivity index (χ3v) is 3.89. The minimum absolute atomic E-state index is 0.185. The third-order valence-electron chi connectivity index (χ3n) is 3.89. The van der Waals surface area contributed by atoms with Crippen LogP contribution in [0.25, 0.3) is 0 Å². The number of carbonyl (C=O) groups is 1. The molecule has 0 spiro atoms. The van der Waals surface area contributed by atoms with Gasteiger partial charge in [-0.15, -0.1) is 0 Å². The van der Waals surface area contributed by atoms with Crippen molar-refractivity contribution in [2.24, 2.45) is 5.10 Å². The van der Waals surface area contributed by atoms with Crippen LogP contribution in [0.15, 0.2) is 35.4 Å². The molecule has 0 unspecified atom stereocenters. The molecule has 2 aromatic carbocycles. The van der Waals surface area contributed by atoms with Crippen molar-refractivity contribution in [1.82, 2.24) is 5.43 Å². The summed E-state index contributed by atoms with van der Waals surface area (Å²) < 4.78 is 10.5. The minimum atomic E-state index is -0.291. The molecule has 3 rings (SSSR count). The lowest BCUT2D eigenvalue weighted by molar-refractivity contribution is 0.0954. The van der Waals surface area contributed by atoms with E-state index >= 15 is 0 Å². The minimum Gasteiger partial charge on any atom is -0.454 e. The van der Waals surface area contributed by atoms with Crippen molar-refractivity contribution in [3.63, 3.8) is 0 Å². The number of hydrazone groups is 1. The molecular formula is C18H18N2O3. The molecule has 1 aliphatic heterocycles. The van der Waals surface area contributed by atoms with Crippen molar-refractivity contribution >= 4 is 12.1 Å². The zero-order valence-electron chi connectivity index (χ0n) is 13.3. The maximum Gasteiger partial charge on any atom is 0.271 e. The summed E-state index contributed by atoms with van der Waals surface area (Å²) in [5, 5.41) is 4.05. The van der Waals surface area contributed by atoms with Crippen molar-refractivity contribution in [3.8, 4) is 11.5 Å². The Labute approximate surface area is 134 Å². The van der Waals surface area contributed by atoms with Gasteiger partial charge in [-0.1, -0.05) is 6.07 Å². The van der Waals surface area contributed by atoms with E-state index in [1.165, 1.54) is 11.1 Å². The number of nitrogens with zero attached hydrogens (tertiary/aromatic N) is 1. The number of fused-ring (bicyclic) bond motifs is 1. The molecular weight excluding hydrogens is 292 g/mol. The summed E-state index contributed by atoms with van der Waals surface area (Å²) in [4.78, 5) is 12.1. The second-order valence-corrected chi connectivity index (χ2v) is 5.56. The van der Waals surface area contributed by atoms with Crippen LogP contribution < -0.4 is 14.9 Å². The van der Waals surface area contributed by atoms with Crippen molar-refractivity contribution in [2.45, 2.75) is 20.8 Å². The Morgan fingerprint density at radius 2 is 1.78 bits per heavy atom. The first-order valence-corrected chi connectivity index (χ1v) is 7.35. The van der Waals surface area contributed by atoms with Crippen LogP contribution in [0.2, 0.25) is 0 Å². The Kier molecular flexibility index (Phi) is 4.02. The molecule has 0 aliphatic carbocycles. The maximum atomic E-state index is 12.1. The van der Waals surface area contributed by atoms with Crippen LogP contribution in [0.3, 0.4) is 0 Å². The van der Waals surface area contributed by atoms with E-state index < -0.39 is 0 Å². The van der Waals surface area contributed by atoms with Gasteiger partial charge in [0.1, 0.15) is 0 Å². The summed E-state index contributed by atoms with van der Waals surface area (Å²) in [7, 11) is 0. The number of hydrogen-bond donors (Lipinski definition) is 1. The number of ether oxygens (including phenoxy) is 2. The van der Waals surface area contributed by atoms with E-state index in [1.807, 2.05) is 6.92 Å². The highest BCUT2D eigenvalue weighted by molar-refractivity contribution is 5.95. The quantitative estimate of drug-likeness (QED) is 0.700. The third kappa shape index (κ3) is 3.18. The molecule has 118 valence electrons. The molecule has 1 heterocycles. The molecule has 0 radical (unpaired) electrons. The second kappa shape index (κ2) is 6.12. The van der Waals surface area contributed by atoms with Crippen LogP contribution in [-0.2, 0) is 0 Å². The van der Waals surface area contributed by atoms with Gasteiger partial charge in [-0.05, 0) is 67.3 Å². The Hall–Kier alpha value is -2.82. The molecule has 1 aliphatic rings. The van der Waals surface area contributed by atoms with Crippen LogP contribution in [0, 0.1) is 20.8 Å². The average Bonchev–Trinajstić information content (AvgIpc) is 2.99. The topological polar surface area (TPSA) is 59.9 Å². The van der Waals surface area contributed by atoms with Crippen LogP contribution >= 0.6 is 0 Å². The normalized spacial score (nSPS) is 12.7. The first-order valence-electron chi connectivity index (χ1n) is 7.35. The average molecular weight is 310 g/mol. The number of rotatable bonds is 3.